The van der Waals surface area contributed by atoms with Crippen LogP contribution in [0.5, 0.6) is 0 Å². The topological polar surface area (TPSA) is 66.7 Å². The van der Waals surface area contributed by atoms with Crippen LogP contribution in [0.2, 0.25) is 5.02 Å². The van der Waals surface area contributed by atoms with Gasteiger partial charge in [-0.25, -0.2) is 4.98 Å². The van der Waals surface area contributed by atoms with E-state index in [2.05, 4.69) is 4.98 Å². The number of rotatable bonds is 3. The number of hydrogen-bond donors (Lipinski definition) is 0. The first-order valence-electron chi connectivity index (χ1n) is 9.28. The van der Waals surface area contributed by atoms with E-state index in [1.165, 1.54) is 0 Å². The summed E-state index contributed by atoms with van der Waals surface area (Å²) in [6.45, 7) is 3.66. The van der Waals surface area contributed by atoms with E-state index < -0.39 is 10.2 Å². The summed E-state index contributed by atoms with van der Waals surface area (Å²) in [6, 6.07) is 5.49. The van der Waals surface area contributed by atoms with Crippen molar-refractivity contribution in [2.75, 3.05) is 19.6 Å². The summed E-state index contributed by atoms with van der Waals surface area (Å²) in [5, 5.41) is 0.633. The van der Waals surface area contributed by atoms with E-state index in [0.717, 1.165) is 43.2 Å². The van der Waals surface area contributed by atoms with Crippen molar-refractivity contribution in [3.05, 3.63) is 29.1 Å². The highest BCUT2D eigenvalue weighted by atomic mass is 35.5. The molecule has 1 aromatic heterocycles. The fraction of sp³-hybridized carbons (Fsp3) is 0.611. The molecular formula is C18H24ClN3O3S. The molecule has 1 atom stereocenters. The van der Waals surface area contributed by atoms with Crippen molar-refractivity contribution in [1.82, 2.24) is 13.6 Å². The monoisotopic (exact) mass is 397 g/mol. The predicted molar refractivity (Wildman–Crippen MR) is 102 cm³/mol. The fourth-order valence-electron chi connectivity index (χ4n) is 3.99. The Morgan fingerprint density at radius 2 is 1.92 bits per heavy atom. The molecule has 2 saturated heterocycles. The third-order valence-electron chi connectivity index (χ3n) is 5.53. The SMILES string of the molecule is C[C@H]1CCCCN1S(=O)(=O)N1CCC(c2nc3cc(Cl)ccc3o2)CC1. The normalized spacial score (nSPS) is 24.3. The first kappa shape index (κ1) is 18.2. The van der Waals surface area contributed by atoms with Crippen molar-refractivity contribution in [3.63, 3.8) is 0 Å². The number of fused-ring (bicyclic) bond motifs is 1. The molecule has 0 amide bonds. The average molecular weight is 398 g/mol. The van der Waals surface area contributed by atoms with Crippen molar-refractivity contribution in [3.8, 4) is 0 Å². The van der Waals surface area contributed by atoms with Crippen LogP contribution in [0.1, 0.15) is 50.8 Å². The maximum absolute atomic E-state index is 13.0. The molecule has 0 radical (unpaired) electrons. The zero-order valence-electron chi connectivity index (χ0n) is 14.9. The maximum atomic E-state index is 13.0. The van der Waals surface area contributed by atoms with Crippen molar-refractivity contribution in [2.45, 2.75) is 51.0 Å². The van der Waals surface area contributed by atoms with Gasteiger partial charge in [-0.1, -0.05) is 18.0 Å². The lowest BCUT2D eigenvalue weighted by Crippen LogP contribution is -2.51. The molecule has 3 heterocycles. The number of piperidine rings is 2. The third-order valence-corrected chi connectivity index (χ3v) is 7.92. The highest BCUT2D eigenvalue weighted by Crippen LogP contribution is 2.33. The molecule has 0 unspecified atom stereocenters. The summed E-state index contributed by atoms with van der Waals surface area (Å²) in [4.78, 5) is 4.56. The fourth-order valence-corrected chi connectivity index (χ4v) is 6.04. The predicted octanol–water partition coefficient (Wildman–Crippen LogP) is 3.78. The van der Waals surface area contributed by atoms with Gasteiger partial charge in [0.15, 0.2) is 11.5 Å². The molecule has 26 heavy (non-hydrogen) atoms. The standard InChI is InChI=1S/C18H24ClN3O3S/c1-13-4-2-3-9-22(13)26(23,24)21-10-7-14(8-11-21)18-20-16-12-15(19)5-6-17(16)25-18/h5-6,12-14H,2-4,7-11H2,1H3/t13-/m0/s1. The second kappa shape index (κ2) is 7.11. The first-order chi connectivity index (χ1) is 12.4. The van der Waals surface area contributed by atoms with Crippen molar-refractivity contribution >= 4 is 32.9 Å². The highest BCUT2D eigenvalue weighted by Gasteiger charge is 2.37. The summed E-state index contributed by atoms with van der Waals surface area (Å²) >= 11 is 6.01. The van der Waals surface area contributed by atoms with Gasteiger partial charge < -0.3 is 4.42 Å². The summed E-state index contributed by atoms with van der Waals surface area (Å²) in [5.41, 5.74) is 1.48. The highest BCUT2D eigenvalue weighted by molar-refractivity contribution is 7.86. The van der Waals surface area contributed by atoms with Crippen molar-refractivity contribution in [2.24, 2.45) is 0 Å². The zero-order valence-corrected chi connectivity index (χ0v) is 16.5. The second-order valence-electron chi connectivity index (χ2n) is 7.30. The van der Waals surface area contributed by atoms with Crippen LogP contribution in [-0.2, 0) is 10.2 Å². The van der Waals surface area contributed by atoms with Crippen LogP contribution in [-0.4, -0.2) is 47.7 Å². The summed E-state index contributed by atoms with van der Waals surface area (Å²) in [7, 11) is -3.37. The van der Waals surface area contributed by atoms with Gasteiger partial charge >= 0.3 is 0 Å². The van der Waals surface area contributed by atoms with Crippen LogP contribution in [0.3, 0.4) is 0 Å². The van der Waals surface area contributed by atoms with Crippen LogP contribution >= 0.6 is 11.6 Å². The lowest BCUT2D eigenvalue weighted by Gasteiger charge is -2.38. The van der Waals surface area contributed by atoms with E-state index in [4.69, 9.17) is 16.0 Å². The van der Waals surface area contributed by atoms with E-state index in [1.807, 2.05) is 13.0 Å². The Bertz CT molecular complexity index is 890. The molecule has 0 N–H and O–H groups in total. The minimum atomic E-state index is -3.37. The maximum Gasteiger partial charge on any atom is 0.282 e. The first-order valence-corrected chi connectivity index (χ1v) is 11.1. The van der Waals surface area contributed by atoms with Crippen LogP contribution in [0, 0.1) is 0 Å². The van der Waals surface area contributed by atoms with Crippen LogP contribution in [0.25, 0.3) is 11.1 Å². The minimum absolute atomic E-state index is 0.0910. The molecule has 0 spiro atoms. The number of oxazole rings is 1. The number of aromatic nitrogens is 1. The van der Waals surface area contributed by atoms with E-state index in [0.29, 0.717) is 30.5 Å². The van der Waals surface area contributed by atoms with E-state index in [9.17, 15) is 8.42 Å². The smallest absolute Gasteiger partial charge is 0.282 e. The second-order valence-corrected chi connectivity index (χ2v) is 9.62. The van der Waals surface area contributed by atoms with Gasteiger partial charge in [0.1, 0.15) is 5.52 Å². The van der Waals surface area contributed by atoms with Gasteiger partial charge in [0, 0.05) is 36.6 Å². The molecule has 4 rings (SSSR count). The lowest BCUT2D eigenvalue weighted by atomic mass is 9.98. The molecule has 1 aromatic carbocycles. The van der Waals surface area contributed by atoms with Gasteiger partial charge in [-0.05, 0) is 50.8 Å². The van der Waals surface area contributed by atoms with Gasteiger partial charge in [-0.3, -0.25) is 0 Å². The molecule has 2 fully saturated rings. The average Bonchev–Trinajstić information content (AvgIpc) is 3.05. The summed E-state index contributed by atoms with van der Waals surface area (Å²) in [6.07, 6.45) is 4.45. The summed E-state index contributed by atoms with van der Waals surface area (Å²) in [5.74, 6) is 0.831. The molecule has 0 aliphatic carbocycles. The van der Waals surface area contributed by atoms with Crippen molar-refractivity contribution < 1.29 is 12.8 Å². The van der Waals surface area contributed by atoms with E-state index >= 15 is 0 Å². The van der Waals surface area contributed by atoms with E-state index in [1.54, 1.807) is 20.7 Å². The molecule has 8 heteroatoms. The Hall–Kier alpha value is -1.15. The Kier molecular flexibility index (Phi) is 4.98. The molecule has 0 saturated carbocycles. The molecule has 2 aliphatic heterocycles. The van der Waals surface area contributed by atoms with E-state index in [-0.39, 0.29) is 12.0 Å². The molecule has 6 nitrogen and oxygen atoms in total. The lowest BCUT2D eigenvalue weighted by molar-refractivity contribution is 0.226. The molecular weight excluding hydrogens is 374 g/mol. The molecule has 142 valence electrons. The Morgan fingerprint density at radius 3 is 2.65 bits per heavy atom. The largest absolute Gasteiger partial charge is 0.440 e. The van der Waals surface area contributed by atoms with Crippen LogP contribution in [0.4, 0.5) is 0 Å². The molecule has 2 aliphatic rings. The van der Waals surface area contributed by atoms with Crippen LogP contribution in [0.15, 0.2) is 22.6 Å². The molecule has 2 aromatic rings. The van der Waals surface area contributed by atoms with Gasteiger partial charge in [0.2, 0.25) is 0 Å². The molecule has 0 bridgehead atoms. The van der Waals surface area contributed by atoms with Crippen LogP contribution < -0.4 is 0 Å². The zero-order chi connectivity index (χ0) is 18.3. The minimum Gasteiger partial charge on any atom is -0.440 e. The summed E-state index contributed by atoms with van der Waals surface area (Å²) < 4.78 is 35.1. The van der Waals surface area contributed by atoms with Gasteiger partial charge in [-0.2, -0.15) is 17.0 Å². The number of halogens is 1. The number of nitrogens with zero attached hydrogens (tertiary/aromatic N) is 3. The Labute approximate surface area is 159 Å². The number of benzene rings is 1. The van der Waals surface area contributed by atoms with Gasteiger partial charge in [-0.15, -0.1) is 0 Å². The Balaban J connectivity index is 1.46. The van der Waals surface area contributed by atoms with Gasteiger partial charge in [0.05, 0.1) is 0 Å². The number of hydrogen-bond acceptors (Lipinski definition) is 4. The van der Waals surface area contributed by atoms with Gasteiger partial charge in [0.25, 0.3) is 10.2 Å². The third kappa shape index (κ3) is 3.38. The van der Waals surface area contributed by atoms with Crippen molar-refractivity contribution in [1.29, 1.82) is 0 Å². The Morgan fingerprint density at radius 1 is 1.15 bits per heavy atom. The quantitative estimate of drug-likeness (QED) is 0.790.